The van der Waals surface area contributed by atoms with E-state index in [1.807, 2.05) is 12.1 Å². The molecule has 1 aromatic rings. The third-order valence-corrected chi connectivity index (χ3v) is 3.27. The maximum Gasteiger partial charge on any atom is 0.127 e. The highest BCUT2D eigenvalue weighted by Crippen LogP contribution is 2.18. The average molecular weight is 328 g/mol. The largest absolute Gasteiger partial charge is 0.312 e. The van der Waals surface area contributed by atoms with Gasteiger partial charge in [0.1, 0.15) is 5.82 Å². The summed E-state index contributed by atoms with van der Waals surface area (Å²) in [5.74, 6) is -0.144. The molecular weight excluding hydrogens is 305 g/mol. The summed E-state index contributed by atoms with van der Waals surface area (Å²) >= 11 is 3.27. The maximum absolute atomic E-state index is 13.7. The molecule has 0 unspecified atom stereocenters. The first-order valence-corrected chi connectivity index (χ1v) is 7.42. The summed E-state index contributed by atoms with van der Waals surface area (Å²) in [5.41, 5.74) is 2.11. The molecule has 0 saturated carbocycles. The molecule has 0 bridgehead atoms. The smallest absolute Gasteiger partial charge is 0.127 e. The molecule has 1 rings (SSSR count). The molecule has 0 aliphatic rings. The lowest BCUT2D eigenvalue weighted by atomic mass is 10.0. The van der Waals surface area contributed by atoms with Crippen LogP contribution in [-0.2, 0) is 6.42 Å². The third kappa shape index (κ3) is 6.88. The Morgan fingerprint density at radius 1 is 1.37 bits per heavy atom. The van der Waals surface area contributed by atoms with Gasteiger partial charge in [-0.15, -0.1) is 0 Å². The lowest BCUT2D eigenvalue weighted by molar-refractivity contribution is 0.431. The summed E-state index contributed by atoms with van der Waals surface area (Å²) in [5, 5.41) is 3.44. The number of hydrogen-bond donors (Lipinski definition) is 1. The fraction of sp³-hybridized carbons (Fsp3) is 0.500. The van der Waals surface area contributed by atoms with Crippen LogP contribution in [0.5, 0.6) is 0 Å². The van der Waals surface area contributed by atoms with E-state index >= 15 is 0 Å². The first kappa shape index (κ1) is 16.4. The van der Waals surface area contributed by atoms with Crippen molar-refractivity contribution < 1.29 is 4.39 Å². The molecule has 0 atom stereocenters. The highest BCUT2D eigenvalue weighted by molar-refractivity contribution is 9.10. The van der Waals surface area contributed by atoms with Crippen LogP contribution in [0, 0.1) is 5.82 Å². The molecular formula is C16H23BrFN. The standard InChI is InChI=1S/C16H23BrFN/c1-12(6-5-9-19-16(2,3)4)10-13-7-8-14(17)11-15(13)18/h6-8,11,19H,5,9-10H2,1-4H3. The first-order chi connectivity index (χ1) is 8.78. The molecule has 3 heteroatoms. The van der Waals surface area contributed by atoms with Gasteiger partial charge in [-0.05, 0) is 64.8 Å². The molecule has 0 heterocycles. The van der Waals surface area contributed by atoms with Crippen molar-refractivity contribution in [3.63, 3.8) is 0 Å². The van der Waals surface area contributed by atoms with Crippen LogP contribution in [0.25, 0.3) is 0 Å². The van der Waals surface area contributed by atoms with Crippen molar-refractivity contribution in [1.29, 1.82) is 0 Å². The number of allylic oxidation sites excluding steroid dienone is 1. The molecule has 0 aliphatic carbocycles. The van der Waals surface area contributed by atoms with E-state index in [9.17, 15) is 4.39 Å². The van der Waals surface area contributed by atoms with E-state index < -0.39 is 0 Å². The van der Waals surface area contributed by atoms with Crippen LogP contribution >= 0.6 is 15.9 Å². The van der Waals surface area contributed by atoms with E-state index in [2.05, 4.69) is 55.0 Å². The molecule has 1 nitrogen and oxygen atoms in total. The Labute approximate surface area is 124 Å². The van der Waals surface area contributed by atoms with E-state index in [1.54, 1.807) is 0 Å². The predicted molar refractivity (Wildman–Crippen MR) is 83.9 cm³/mol. The van der Waals surface area contributed by atoms with Gasteiger partial charge in [-0.25, -0.2) is 4.39 Å². The summed E-state index contributed by atoms with van der Waals surface area (Å²) in [6.45, 7) is 9.46. The number of halogens is 2. The second-order valence-corrected chi connectivity index (χ2v) is 6.84. The lowest BCUT2D eigenvalue weighted by Gasteiger charge is -2.19. The monoisotopic (exact) mass is 327 g/mol. The fourth-order valence-electron chi connectivity index (χ4n) is 1.80. The van der Waals surface area contributed by atoms with Gasteiger partial charge in [-0.3, -0.25) is 0 Å². The van der Waals surface area contributed by atoms with Crippen molar-refractivity contribution in [3.8, 4) is 0 Å². The maximum atomic E-state index is 13.7. The van der Waals surface area contributed by atoms with Crippen molar-refractivity contribution in [1.82, 2.24) is 5.32 Å². The Morgan fingerprint density at radius 3 is 2.63 bits per heavy atom. The lowest BCUT2D eigenvalue weighted by Crippen LogP contribution is -2.36. The number of benzene rings is 1. The van der Waals surface area contributed by atoms with Crippen LogP contribution < -0.4 is 5.32 Å². The van der Waals surface area contributed by atoms with E-state index in [-0.39, 0.29) is 11.4 Å². The van der Waals surface area contributed by atoms with Crippen LogP contribution in [0.2, 0.25) is 0 Å². The normalized spacial score (nSPS) is 12.8. The quantitative estimate of drug-likeness (QED) is 0.601. The molecule has 0 saturated heterocycles. The van der Waals surface area contributed by atoms with Gasteiger partial charge in [0, 0.05) is 10.0 Å². The first-order valence-electron chi connectivity index (χ1n) is 6.62. The van der Waals surface area contributed by atoms with Crippen LogP contribution in [0.1, 0.15) is 39.7 Å². The molecule has 0 fully saturated rings. The minimum absolute atomic E-state index is 0.144. The highest BCUT2D eigenvalue weighted by Gasteiger charge is 2.07. The Hall–Kier alpha value is -0.670. The summed E-state index contributed by atoms with van der Waals surface area (Å²) < 4.78 is 14.5. The van der Waals surface area contributed by atoms with E-state index in [0.717, 1.165) is 23.0 Å². The van der Waals surface area contributed by atoms with E-state index in [1.165, 1.54) is 11.6 Å². The second-order valence-electron chi connectivity index (χ2n) is 5.93. The zero-order chi connectivity index (χ0) is 14.5. The molecule has 19 heavy (non-hydrogen) atoms. The molecule has 0 aromatic heterocycles. The topological polar surface area (TPSA) is 12.0 Å². The zero-order valence-electron chi connectivity index (χ0n) is 12.2. The van der Waals surface area contributed by atoms with Gasteiger partial charge < -0.3 is 5.32 Å². The van der Waals surface area contributed by atoms with Gasteiger partial charge in [0.15, 0.2) is 0 Å². The van der Waals surface area contributed by atoms with Crippen molar-refractivity contribution >= 4 is 15.9 Å². The number of hydrogen-bond acceptors (Lipinski definition) is 1. The Morgan fingerprint density at radius 2 is 2.05 bits per heavy atom. The molecule has 0 spiro atoms. The highest BCUT2D eigenvalue weighted by atomic mass is 79.9. The van der Waals surface area contributed by atoms with Gasteiger partial charge in [-0.2, -0.15) is 0 Å². The third-order valence-electron chi connectivity index (χ3n) is 2.78. The molecule has 1 N–H and O–H groups in total. The molecule has 106 valence electrons. The minimum Gasteiger partial charge on any atom is -0.312 e. The Balaban J connectivity index is 2.48. The van der Waals surface area contributed by atoms with Gasteiger partial charge in [-0.1, -0.05) is 33.6 Å². The van der Waals surface area contributed by atoms with Crippen LogP contribution in [0.3, 0.4) is 0 Å². The van der Waals surface area contributed by atoms with Gasteiger partial charge >= 0.3 is 0 Å². The Kier molecular flexibility index (Phi) is 6.21. The fourth-order valence-corrected chi connectivity index (χ4v) is 2.14. The van der Waals surface area contributed by atoms with Crippen LogP contribution in [0.4, 0.5) is 4.39 Å². The van der Waals surface area contributed by atoms with Crippen molar-refractivity contribution in [2.45, 2.75) is 46.1 Å². The van der Waals surface area contributed by atoms with Crippen LogP contribution in [0.15, 0.2) is 34.3 Å². The van der Waals surface area contributed by atoms with Gasteiger partial charge in [0.05, 0.1) is 0 Å². The predicted octanol–water partition coefficient (Wildman–Crippen LogP) is 4.86. The molecule has 0 radical (unpaired) electrons. The zero-order valence-corrected chi connectivity index (χ0v) is 13.8. The summed E-state index contributed by atoms with van der Waals surface area (Å²) in [4.78, 5) is 0. The van der Waals surface area contributed by atoms with E-state index in [0.29, 0.717) is 6.42 Å². The number of rotatable bonds is 5. The molecule has 0 amide bonds. The van der Waals surface area contributed by atoms with Gasteiger partial charge in [0.2, 0.25) is 0 Å². The molecule has 1 aromatic carbocycles. The van der Waals surface area contributed by atoms with Crippen molar-refractivity contribution in [3.05, 3.63) is 45.7 Å². The van der Waals surface area contributed by atoms with Crippen LogP contribution in [-0.4, -0.2) is 12.1 Å². The second kappa shape index (κ2) is 7.20. The minimum atomic E-state index is -0.144. The van der Waals surface area contributed by atoms with Gasteiger partial charge in [0.25, 0.3) is 0 Å². The van der Waals surface area contributed by atoms with Crippen molar-refractivity contribution in [2.24, 2.45) is 0 Å². The molecule has 0 aliphatic heterocycles. The SMILES string of the molecule is CC(=CCCNC(C)(C)C)Cc1ccc(Br)cc1F. The summed E-state index contributed by atoms with van der Waals surface area (Å²) in [6, 6.07) is 5.24. The Bertz CT molecular complexity index is 447. The number of nitrogens with one attached hydrogen (secondary N) is 1. The summed E-state index contributed by atoms with van der Waals surface area (Å²) in [6.07, 6.45) is 3.83. The average Bonchev–Trinajstić information content (AvgIpc) is 2.27. The summed E-state index contributed by atoms with van der Waals surface area (Å²) in [7, 11) is 0. The van der Waals surface area contributed by atoms with Crippen molar-refractivity contribution in [2.75, 3.05) is 6.54 Å². The van der Waals surface area contributed by atoms with E-state index in [4.69, 9.17) is 0 Å².